The molecule has 1 fully saturated rings. The Morgan fingerprint density at radius 3 is 3.10 bits per heavy atom. The number of halogens is 1. The number of carbonyl (C=O) groups excluding carboxylic acids is 1. The Morgan fingerprint density at radius 1 is 1.57 bits per heavy atom. The highest BCUT2D eigenvalue weighted by Gasteiger charge is 2.32. The van der Waals surface area contributed by atoms with E-state index in [9.17, 15) is 9.90 Å². The predicted octanol–water partition coefficient (Wildman–Crippen LogP) is 0.859. The Hall–Kier alpha value is -1.15. The molecule has 0 aromatic heterocycles. The van der Waals surface area contributed by atoms with E-state index in [0.29, 0.717) is 19.8 Å². The predicted molar refractivity (Wildman–Crippen MR) is 83.6 cm³/mol. The standard InChI is InChI=1S/C14H18BrN3O3/c1-16-13-9-4-10(15)12(5-11(9)17-14(13)20)18-2-3-21-7-8(18)6-19/h4-5,8,13,16,19H,2-3,6-7H2,1H3,(H,17,20). The number of ether oxygens (including phenoxy) is 1. The molecule has 114 valence electrons. The minimum absolute atomic E-state index is 0.0367. The maximum absolute atomic E-state index is 11.9. The number of anilines is 2. The van der Waals surface area contributed by atoms with Crippen LogP contribution in [0.15, 0.2) is 16.6 Å². The minimum Gasteiger partial charge on any atom is -0.394 e. The van der Waals surface area contributed by atoms with Crippen molar-refractivity contribution < 1.29 is 14.6 Å². The second kappa shape index (κ2) is 5.92. The van der Waals surface area contributed by atoms with Gasteiger partial charge in [-0.05, 0) is 35.1 Å². The van der Waals surface area contributed by atoms with Crippen molar-refractivity contribution in [2.24, 2.45) is 0 Å². The number of carbonyl (C=O) groups is 1. The van der Waals surface area contributed by atoms with Crippen molar-refractivity contribution in [2.75, 3.05) is 43.6 Å². The van der Waals surface area contributed by atoms with Crippen LogP contribution in [0, 0.1) is 0 Å². The van der Waals surface area contributed by atoms with Gasteiger partial charge in [-0.1, -0.05) is 0 Å². The molecule has 7 heteroatoms. The highest BCUT2D eigenvalue weighted by Crippen LogP contribution is 2.39. The lowest BCUT2D eigenvalue weighted by Crippen LogP contribution is -2.47. The summed E-state index contributed by atoms with van der Waals surface area (Å²) in [4.78, 5) is 14.0. The van der Waals surface area contributed by atoms with Crippen molar-refractivity contribution in [3.05, 3.63) is 22.2 Å². The summed E-state index contributed by atoms with van der Waals surface area (Å²) in [5.74, 6) is -0.0442. The lowest BCUT2D eigenvalue weighted by molar-refractivity contribution is -0.117. The topological polar surface area (TPSA) is 73.8 Å². The zero-order valence-corrected chi connectivity index (χ0v) is 13.3. The maximum atomic E-state index is 11.9. The number of hydrogen-bond donors (Lipinski definition) is 3. The van der Waals surface area contributed by atoms with Crippen LogP contribution in [0.2, 0.25) is 0 Å². The van der Waals surface area contributed by atoms with Gasteiger partial charge in [-0.15, -0.1) is 0 Å². The van der Waals surface area contributed by atoms with Gasteiger partial charge in [0.25, 0.3) is 0 Å². The highest BCUT2D eigenvalue weighted by molar-refractivity contribution is 9.10. The second-order valence-corrected chi connectivity index (χ2v) is 6.06. The van der Waals surface area contributed by atoms with E-state index in [-0.39, 0.29) is 24.6 Å². The Morgan fingerprint density at radius 2 is 2.38 bits per heavy atom. The molecule has 3 rings (SSSR count). The molecule has 1 aromatic rings. The molecule has 3 N–H and O–H groups in total. The van der Waals surface area contributed by atoms with Crippen molar-refractivity contribution >= 4 is 33.2 Å². The van der Waals surface area contributed by atoms with E-state index in [1.165, 1.54) is 0 Å². The average molecular weight is 356 g/mol. The van der Waals surface area contributed by atoms with Crippen LogP contribution in [0.1, 0.15) is 11.6 Å². The maximum Gasteiger partial charge on any atom is 0.246 e. The molecule has 2 heterocycles. The number of amides is 1. The van der Waals surface area contributed by atoms with E-state index in [0.717, 1.165) is 21.4 Å². The molecule has 0 aliphatic carbocycles. The van der Waals surface area contributed by atoms with Crippen LogP contribution in [0.5, 0.6) is 0 Å². The molecule has 0 radical (unpaired) electrons. The third kappa shape index (κ3) is 2.55. The Kier molecular flexibility index (Phi) is 4.17. The van der Waals surface area contributed by atoms with Gasteiger partial charge in [0, 0.05) is 22.3 Å². The van der Waals surface area contributed by atoms with Crippen molar-refractivity contribution in [1.29, 1.82) is 0 Å². The first-order chi connectivity index (χ1) is 10.2. The summed E-state index contributed by atoms with van der Waals surface area (Å²) < 4.78 is 6.33. The molecular formula is C14H18BrN3O3. The van der Waals surface area contributed by atoms with Gasteiger partial charge in [0.1, 0.15) is 6.04 Å². The van der Waals surface area contributed by atoms with Gasteiger partial charge in [0.15, 0.2) is 0 Å². The summed E-state index contributed by atoms with van der Waals surface area (Å²) in [6.07, 6.45) is 0. The van der Waals surface area contributed by atoms with E-state index in [1.807, 2.05) is 12.1 Å². The van der Waals surface area contributed by atoms with Crippen LogP contribution in [0.3, 0.4) is 0 Å². The average Bonchev–Trinajstić information content (AvgIpc) is 2.80. The van der Waals surface area contributed by atoms with Gasteiger partial charge in [-0.3, -0.25) is 4.79 Å². The third-order valence-electron chi connectivity index (χ3n) is 3.99. The number of rotatable bonds is 3. The first kappa shape index (κ1) is 14.8. The Balaban J connectivity index is 1.98. The number of nitrogens with zero attached hydrogens (tertiary/aromatic N) is 1. The first-order valence-corrected chi connectivity index (χ1v) is 7.71. The summed E-state index contributed by atoms with van der Waals surface area (Å²) in [5, 5.41) is 15.4. The van der Waals surface area contributed by atoms with E-state index >= 15 is 0 Å². The van der Waals surface area contributed by atoms with Gasteiger partial charge in [-0.2, -0.15) is 0 Å². The Bertz CT molecular complexity index is 567. The molecule has 21 heavy (non-hydrogen) atoms. The molecule has 2 aliphatic rings. The van der Waals surface area contributed by atoms with Crippen LogP contribution in [0.25, 0.3) is 0 Å². The molecule has 6 nitrogen and oxygen atoms in total. The summed E-state index contributed by atoms with van der Waals surface area (Å²) in [7, 11) is 1.77. The van der Waals surface area contributed by atoms with Gasteiger partial charge >= 0.3 is 0 Å². The Labute approximate surface area is 131 Å². The zero-order valence-electron chi connectivity index (χ0n) is 11.7. The molecule has 2 aliphatic heterocycles. The number of aliphatic hydroxyl groups is 1. The molecule has 2 atom stereocenters. The molecule has 0 bridgehead atoms. The third-order valence-corrected chi connectivity index (χ3v) is 4.62. The van der Waals surface area contributed by atoms with Crippen LogP contribution < -0.4 is 15.5 Å². The first-order valence-electron chi connectivity index (χ1n) is 6.92. The van der Waals surface area contributed by atoms with Gasteiger partial charge in [0.2, 0.25) is 5.91 Å². The number of morpholine rings is 1. The van der Waals surface area contributed by atoms with E-state index in [4.69, 9.17) is 4.74 Å². The largest absolute Gasteiger partial charge is 0.394 e. The molecule has 2 unspecified atom stereocenters. The SMILES string of the molecule is CNC1C(=O)Nc2cc(N3CCOCC3CO)c(Br)cc21. The fourth-order valence-electron chi connectivity index (χ4n) is 2.90. The zero-order chi connectivity index (χ0) is 15.0. The highest BCUT2D eigenvalue weighted by atomic mass is 79.9. The lowest BCUT2D eigenvalue weighted by Gasteiger charge is -2.37. The van der Waals surface area contributed by atoms with E-state index < -0.39 is 0 Å². The second-order valence-electron chi connectivity index (χ2n) is 5.21. The lowest BCUT2D eigenvalue weighted by atomic mass is 10.1. The van der Waals surface area contributed by atoms with Crippen LogP contribution in [-0.2, 0) is 9.53 Å². The number of benzene rings is 1. The summed E-state index contributed by atoms with van der Waals surface area (Å²) in [6.45, 7) is 1.89. The summed E-state index contributed by atoms with van der Waals surface area (Å²) >= 11 is 3.59. The fourth-order valence-corrected chi connectivity index (χ4v) is 3.49. The van der Waals surface area contributed by atoms with Crippen LogP contribution in [-0.4, -0.2) is 50.5 Å². The van der Waals surface area contributed by atoms with Gasteiger partial charge < -0.3 is 25.4 Å². The molecule has 1 amide bonds. The number of fused-ring (bicyclic) bond motifs is 1. The quantitative estimate of drug-likeness (QED) is 0.749. The minimum atomic E-state index is -0.316. The fraction of sp³-hybridized carbons (Fsp3) is 0.500. The monoisotopic (exact) mass is 355 g/mol. The van der Waals surface area contributed by atoms with Crippen LogP contribution >= 0.6 is 15.9 Å². The molecule has 0 spiro atoms. The normalized spacial score (nSPS) is 24.9. The van der Waals surface area contributed by atoms with Crippen molar-refractivity contribution in [1.82, 2.24) is 5.32 Å². The number of nitrogens with one attached hydrogen (secondary N) is 2. The molecule has 0 saturated carbocycles. The van der Waals surface area contributed by atoms with Gasteiger partial charge in [-0.25, -0.2) is 0 Å². The summed E-state index contributed by atoms with van der Waals surface area (Å²) in [5.41, 5.74) is 2.72. The number of hydrogen-bond acceptors (Lipinski definition) is 5. The number of aliphatic hydroxyl groups excluding tert-OH is 1. The number of likely N-dealkylation sites (N-methyl/N-ethyl adjacent to an activating group) is 1. The van der Waals surface area contributed by atoms with E-state index in [1.54, 1.807) is 7.05 Å². The molecule has 1 aromatic carbocycles. The van der Waals surface area contributed by atoms with Crippen molar-refractivity contribution in [3.8, 4) is 0 Å². The summed E-state index contributed by atoms with van der Waals surface area (Å²) in [6, 6.07) is 3.55. The van der Waals surface area contributed by atoms with Gasteiger partial charge in [0.05, 0.1) is 31.5 Å². The molecule has 1 saturated heterocycles. The van der Waals surface area contributed by atoms with E-state index in [2.05, 4.69) is 31.5 Å². The smallest absolute Gasteiger partial charge is 0.246 e. The van der Waals surface area contributed by atoms with Crippen molar-refractivity contribution in [3.63, 3.8) is 0 Å². The molecular weight excluding hydrogens is 338 g/mol. The van der Waals surface area contributed by atoms with Crippen LogP contribution in [0.4, 0.5) is 11.4 Å². The van der Waals surface area contributed by atoms with Crippen molar-refractivity contribution in [2.45, 2.75) is 12.1 Å².